The Balaban J connectivity index is 1.78. The highest BCUT2D eigenvalue weighted by Gasteiger charge is 2.17. The molecule has 3 aromatic carbocycles. The van der Waals surface area contributed by atoms with Crippen LogP contribution in [0.25, 0.3) is 0 Å². The van der Waals surface area contributed by atoms with Gasteiger partial charge in [-0.05, 0) is 59.7 Å². The molecule has 0 saturated heterocycles. The topological polar surface area (TPSA) is 50.8 Å². The minimum absolute atomic E-state index is 0.0917. The number of hydrogen-bond acceptors (Lipinski definition) is 3. The summed E-state index contributed by atoms with van der Waals surface area (Å²) in [5.41, 5.74) is 5.48. The summed E-state index contributed by atoms with van der Waals surface area (Å²) < 4.78 is 10.8. The average molecular weight is 461 g/mol. The molecule has 0 aliphatic carbocycles. The largest absolute Gasteiger partial charge is 0.493 e. The van der Waals surface area contributed by atoms with Crippen LogP contribution in [0, 0.1) is 6.92 Å². The van der Waals surface area contributed by atoms with Gasteiger partial charge in [0.05, 0.1) is 14.2 Å². The summed E-state index contributed by atoms with van der Waals surface area (Å²) in [7, 11) is 3.25. The number of aryl methyl sites for hydroxylation is 1. The molecule has 34 heavy (non-hydrogen) atoms. The molecule has 0 heterocycles. The summed E-state index contributed by atoms with van der Waals surface area (Å²) in [6.45, 7) is 9.72. The molecule has 5 nitrogen and oxygen atoms in total. The smallest absolute Gasteiger partial charge is 0.322 e. The lowest BCUT2D eigenvalue weighted by atomic mass is 9.87. The van der Waals surface area contributed by atoms with Crippen LogP contribution in [0.15, 0.2) is 66.7 Å². The van der Waals surface area contributed by atoms with Crippen LogP contribution in [0.3, 0.4) is 0 Å². The van der Waals surface area contributed by atoms with Gasteiger partial charge in [0, 0.05) is 18.8 Å². The second kappa shape index (κ2) is 11.1. The van der Waals surface area contributed by atoms with Gasteiger partial charge in [0.15, 0.2) is 11.5 Å². The summed E-state index contributed by atoms with van der Waals surface area (Å²) in [6.07, 6.45) is 0.696. The van der Waals surface area contributed by atoms with E-state index in [4.69, 9.17) is 9.47 Å². The fourth-order valence-electron chi connectivity index (χ4n) is 3.72. The molecule has 0 atom stereocenters. The molecule has 0 fully saturated rings. The maximum absolute atomic E-state index is 13.2. The fourth-order valence-corrected chi connectivity index (χ4v) is 3.72. The summed E-state index contributed by atoms with van der Waals surface area (Å²) >= 11 is 0. The number of amides is 2. The Hall–Kier alpha value is -3.47. The Morgan fingerprint density at radius 3 is 2.06 bits per heavy atom. The molecule has 3 aromatic rings. The Kier molecular flexibility index (Phi) is 8.21. The van der Waals surface area contributed by atoms with E-state index >= 15 is 0 Å². The third-order valence-electron chi connectivity index (χ3n) is 5.90. The SMILES string of the molecule is COc1ccc(CCN(Cc2ccc(C(C)(C)C)cc2)C(=O)Nc2ccc(C)cc2)cc1OC. The zero-order valence-corrected chi connectivity index (χ0v) is 21.1. The highest BCUT2D eigenvalue weighted by molar-refractivity contribution is 5.89. The highest BCUT2D eigenvalue weighted by atomic mass is 16.5. The first-order chi connectivity index (χ1) is 16.2. The van der Waals surface area contributed by atoms with Gasteiger partial charge in [0.1, 0.15) is 0 Å². The third kappa shape index (κ3) is 6.77. The lowest BCUT2D eigenvalue weighted by Gasteiger charge is -2.25. The van der Waals surface area contributed by atoms with Crippen molar-refractivity contribution in [2.45, 2.75) is 46.1 Å². The summed E-state index contributed by atoms with van der Waals surface area (Å²) in [6, 6.07) is 22.1. The number of anilines is 1. The van der Waals surface area contributed by atoms with E-state index in [1.807, 2.05) is 54.3 Å². The molecule has 2 amide bonds. The van der Waals surface area contributed by atoms with Crippen LogP contribution < -0.4 is 14.8 Å². The van der Waals surface area contributed by atoms with E-state index in [1.165, 1.54) is 5.56 Å². The van der Waals surface area contributed by atoms with Crippen molar-refractivity contribution in [3.8, 4) is 11.5 Å². The molecule has 0 aliphatic heterocycles. The van der Waals surface area contributed by atoms with Gasteiger partial charge < -0.3 is 19.7 Å². The maximum Gasteiger partial charge on any atom is 0.322 e. The van der Waals surface area contributed by atoms with E-state index in [1.54, 1.807) is 14.2 Å². The molecule has 0 spiro atoms. The number of benzene rings is 3. The molecule has 0 saturated carbocycles. The number of methoxy groups -OCH3 is 2. The zero-order valence-electron chi connectivity index (χ0n) is 21.1. The van der Waals surface area contributed by atoms with Crippen molar-refractivity contribution in [3.63, 3.8) is 0 Å². The Bertz CT molecular complexity index is 1080. The predicted molar refractivity (Wildman–Crippen MR) is 139 cm³/mol. The van der Waals surface area contributed by atoms with Crippen molar-refractivity contribution in [1.82, 2.24) is 4.90 Å². The van der Waals surface area contributed by atoms with Crippen LogP contribution in [-0.2, 0) is 18.4 Å². The van der Waals surface area contributed by atoms with Gasteiger partial charge in [-0.2, -0.15) is 0 Å². The van der Waals surface area contributed by atoms with Crippen LogP contribution >= 0.6 is 0 Å². The monoisotopic (exact) mass is 460 g/mol. The molecule has 0 aliphatic rings. The molecule has 0 unspecified atom stereocenters. The molecular weight excluding hydrogens is 424 g/mol. The lowest BCUT2D eigenvalue weighted by molar-refractivity contribution is 0.209. The van der Waals surface area contributed by atoms with Crippen LogP contribution in [0.4, 0.5) is 10.5 Å². The number of nitrogens with zero attached hydrogens (tertiary/aromatic N) is 1. The van der Waals surface area contributed by atoms with Crippen LogP contribution in [-0.4, -0.2) is 31.7 Å². The number of carbonyl (C=O) groups is 1. The van der Waals surface area contributed by atoms with Gasteiger partial charge in [0.2, 0.25) is 0 Å². The number of nitrogens with one attached hydrogen (secondary N) is 1. The van der Waals surface area contributed by atoms with Crippen molar-refractivity contribution < 1.29 is 14.3 Å². The maximum atomic E-state index is 13.2. The van der Waals surface area contributed by atoms with Crippen LogP contribution in [0.1, 0.15) is 43.0 Å². The normalized spacial score (nSPS) is 11.1. The average Bonchev–Trinajstić information content (AvgIpc) is 2.82. The fraction of sp³-hybridized carbons (Fsp3) is 0.345. The minimum atomic E-state index is -0.121. The third-order valence-corrected chi connectivity index (χ3v) is 5.90. The Labute approximate surface area is 203 Å². The summed E-state index contributed by atoms with van der Waals surface area (Å²) in [5.74, 6) is 1.38. The first-order valence-corrected chi connectivity index (χ1v) is 11.6. The van der Waals surface area contributed by atoms with Gasteiger partial charge in [-0.25, -0.2) is 4.79 Å². The molecule has 0 aromatic heterocycles. The molecule has 0 radical (unpaired) electrons. The molecule has 0 bridgehead atoms. The molecule has 3 rings (SSSR count). The summed E-state index contributed by atoms with van der Waals surface area (Å²) in [5, 5.41) is 3.04. The number of carbonyl (C=O) groups excluding carboxylic acids is 1. The molecule has 180 valence electrons. The zero-order chi connectivity index (χ0) is 24.7. The number of hydrogen-bond donors (Lipinski definition) is 1. The van der Waals surface area contributed by atoms with E-state index in [0.29, 0.717) is 31.0 Å². The van der Waals surface area contributed by atoms with Gasteiger partial charge in [-0.15, -0.1) is 0 Å². The van der Waals surface area contributed by atoms with E-state index < -0.39 is 0 Å². The van der Waals surface area contributed by atoms with Gasteiger partial charge in [-0.3, -0.25) is 0 Å². The van der Waals surface area contributed by atoms with Crippen LogP contribution in [0.2, 0.25) is 0 Å². The van der Waals surface area contributed by atoms with Crippen molar-refractivity contribution in [1.29, 1.82) is 0 Å². The second-order valence-corrected chi connectivity index (χ2v) is 9.60. The molecular formula is C29H36N2O3. The Morgan fingerprint density at radius 1 is 0.853 bits per heavy atom. The van der Waals surface area contributed by atoms with Crippen molar-refractivity contribution in [3.05, 3.63) is 89.0 Å². The molecule has 1 N–H and O–H groups in total. The summed E-state index contributed by atoms with van der Waals surface area (Å²) in [4.78, 5) is 15.1. The first kappa shape index (κ1) is 25.2. The number of ether oxygens (including phenoxy) is 2. The van der Waals surface area contributed by atoms with Gasteiger partial charge in [0.25, 0.3) is 0 Å². The van der Waals surface area contributed by atoms with E-state index in [-0.39, 0.29) is 11.4 Å². The standard InChI is InChI=1S/C29H36N2O3/c1-21-7-14-25(15-8-21)30-28(32)31(20-23-9-12-24(13-10-23)29(2,3)4)18-17-22-11-16-26(33-5)27(19-22)34-6/h7-16,19H,17-18,20H2,1-6H3,(H,30,32). The minimum Gasteiger partial charge on any atom is -0.493 e. The van der Waals surface area contributed by atoms with Crippen molar-refractivity contribution in [2.24, 2.45) is 0 Å². The highest BCUT2D eigenvalue weighted by Crippen LogP contribution is 2.28. The van der Waals surface area contributed by atoms with Gasteiger partial charge >= 0.3 is 6.03 Å². The van der Waals surface area contributed by atoms with E-state index in [0.717, 1.165) is 22.4 Å². The Morgan fingerprint density at radius 2 is 1.47 bits per heavy atom. The number of urea groups is 1. The molecule has 5 heteroatoms. The van der Waals surface area contributed by atoms with Gasteiger partial charge in [-0.1, -0.05) is 68.8 Å². The second-order valence-electron chi connectivity index (χ2n) is 9.60. The predicted octanol–water partition coefficient (Wildman–Crippen LogP) is 6.59. The lowest BCUT2D eigenvalue weighted by Crippen LogP contribution is -2.36. The van der Waals surface area contributed by atoms with Crippen molar-refractivity contribution >= 4 is 11.7 Å². The number of rotatable bonds is 8. The van der Waals surface area contributed by atoms with E-state index in [9.17, 15) is 4.79 Å². The van der Waals surface area contributed by atoms with Crippen LogP contribution in [0.5, 0.6) is 11.5 Å². The van der Waals surface area contributed by atoms with Crippen molar-refractivity contribution in [2.75, 3.05) is 26.1 Å². The van der Waals surface area contributed by atoms with E-state index in [2.05, 4.69) is 50.4 Å². The quantitative estimate of drug-likeness (QED) is 0.413. The first-order valence-electron chi connectivity index (χ1n) is 11.6.